The Labute approximate surface area is 107 Å². The number of carboxylic acids is 1. The minimum absolute atomic E-state index is 0.0682. The summed E-state index contributed by atoms with van der Waals surface area (Å²) in [6, 6.07) is 1.45. The topological polar surface area (TPSA) is 82.7 Å². The zero-order valence-electron chi connectivity index (χ0n) is 10.9. The number of aromatic carboxylic acids is 1. The lowest BCUT2D eigenvalue weighted by Gasteiger charge is -2.24. The molecule has 18 heavy (non-hydrogen) atoms. The predicted molar refractivity (Wildman–Crippen MR) is 67.5 cm³/mol. The maximum absolute atomic E-state index is 10.9. The minimum atomic E-state index is -0.972. The molecule has 0 aliphatic rings. The van der Waals surface area contributed by atoms with Gasteiger partial charge in [-0.2, -0.15) is 0 Å². The lowest BCUT2D eigenvalue weighted by atomic mass is 9.88. The van der Waals surface area contributed by atoms with Gasteiger partial charge in [0.05, 0.1) is 12.8 Å². The third kappa shape index (κ3) is 4.50. The van der Waals surface area contributed by atoms with Crippen LogP contribution in [0, 0.1) is 5.41 Å². The van der Waals surface area contributed by atoms with Gasteiger partial charge in [-0.25, -0.2) is 4.79 Å². The molecule has 1 rings (SSSR count). The van der Waals surface area contributed by atoms with Gasteiger partial charge in [-0.3, -0.25) is 0 Å². The van der Waals surface area contributed by atoms with E-state index in [0.29, 0.717) is 12.3 Å². The first-order valence-electron chi connectivity index (χ1n) is 6.07. The molecule has 1 aromatic rings. The highest BCUT2D eigenvalue weighted by molar-refractivity contribution is 5.88. The number of rotatable bonds is 8. The molecule has 0 saturated heterocycles. The number of hydrogen-bond donors (Lipinski definition) is 3. The number of aliphatic hydroxyl groups is 1. The van der Waals surface area contributed by atoms with E-state index < -0.39 is 5.97 Å². The summed E-state index contributed by atoms with van der Waals surface area (Å²) < 4.78 is 5.14. The summed E-state index contributed by atoms with van der Waals surface area (Å²) in [4.78, 5) is 10.9. The lowest BCUT2D eigenvalue weighted by Crippen LogP contribution is -2.29. The van der Waals surface area contributed by atoms with Crippen molar-refractivity contribution >= 4 is 5.97 Å². The fourth-order valence-electron chi connectivity index (χ4n) is 1.83. The van der Waals surface area contributed by atoms with E-state index in [-0.39, 0.29) is 17.6 Å². The van der Waals surface area contributed by atoms with Crippen LogP contribution in [0.25, 0.3) is 0 Å². The molecule has 0 aromatic carbocycles. The predicted octanol–water partition coefficient (Wildman–Crippen LogP) is 1.87. The van der Waals surface area contributed by atoms with Crippen molar-refractivity contribution in [3.05, 3.63) is 23.7 Å². The Morgan fingerprint density at radius 3 is 2.83 bits per heavy atom. The van der Waals surface area contributed by atoms with Gasteiger partial charge in [0.1, 0.15) is 11.3 Å². The smallest absolute Gasteiger partial charge is 0.339 e. The summed E-state index contributed by atoms with van der Waals surface area (Å²) in [6.45, 7) is 5.56. The Balaban J connectivity index is 2.41. The van der Waals surface area contributed by atoms with Gasteiger partial charge >= 0.3 is 5.97 Å². The van der Waals surface area contributed by atoms with Crippen molar-refractivity contribution in [1.82, 2.24) is 5.32 Å². The van der Waals surface area contributed by atoms with E-state index in [4.69, 9.17) is 14.6 Å². The SMILES string of the molecule is CC(C)(CCCO)CNCc1occc1C(=O)O. The van der Waals surface area contributed by atoms with Crippen molar-refractivity contribution in [3.8, 4) is 0 Å². The quantitative estimate of drug-likeness (QED) is 0.660. The number of nitrogens with one attached hydrogen (secondary N) is 1. The second kappa shape index (κ2) is 6.56. The van der Waals surface area contributed by atoms with Crippen molar-refractivity contribution in [2.45, 2.75) is 33.2 Å². The van der Waals surface area contributed by atoms with Crippen molar-refractivity contribution in [2.24, 2.45) is 5.41 Å². The summed E-state index contributed by atoms with van der Waals surface area (Å²) in [6.07, 6.45) is 3.08. The van der Waals surface area contributed by atoms with E-state index in [0.717, 1.165) is 19.4 Å². The first-order valence-corrected chi connectivity index (χ1v) is 6.07. The van der Waals surface area contributed by atoms with Crippen LogP contribution in [0.3, 0.4) is 0 Å². The summed E-state index contributed by atoms with van der Waals surface area (Å²) in [7, 11) is 0. The monoisotopic (exact) mass is 255 g/mol. The van der Waals surface area contributed by atoms with Crippen LogP contribution in [0.4, 0.5) is 0 Å². The number of aliphatic hydroxyl groups excluding tert-OH is 1. The Morgan fingerprint density at radius 1 is 1.50 bits per heavy atom. The number of carbonyl (C=O) groups is 1. The molecule has 5 heteroatoms. The van der Waals surface area contributed by atoms with Crippen LogP contribution in [-0.4, -0.2) is 29.3 Å². The van der Waals surface area contributed by atoms with Gasteiger partial charge in [-0.15, -0.1) is 0 Å². The Kier molecular flexibility index (Phi) is 5.37. The third-order valence-electron chi connectivity index (χ3n) is 2.88. The highest BCUT2D eigenvalue weighted by Gasteiger charge is 2.18. The number of hydrogen-bond acceptors (Lipinski definition) is 4. The first kappa shape index (κ1) is 14.7. The van der Waals surface area contributed by atoms with E-state index in [9.17, 15) is 4.79 Å². The molecule has 0 spiro atoms. The second-order valence-electron chi connectivity index (χ2n) is 5.16. The summed E-state index contributed by atoms with van der Waals surface area (Å²) in [5.74, 6) is -0.527. The fourth-order valence-corrected chi connectivity index (χ4v) is 1.83. The zero-order valence-corrected chi connectivity index (χ0v) is 10.9. The molecule has 0 bridgehead atoms. The van der Waals surface area contributed by atoms with E-state index in [1.54, 1.807) is 0 Å². The van der Waals surface area contributed by atoms with Crippen molar-refractivity contribution in [3.63, 3.8) is 0 Å². The summed E-state index contributed by atoms with van der Waals surface area (Å²) in [5, 5.41) is 20.9. The Hall–Kier alpha value is -1.33. The van der Waals surface area contributed by atoms with Gasteiger partial charge in [0, 0.05) is 13.2 Å². The average molecular weight is 255 g/mol. The highest BCUT2D eigenvalue weighted by Crippen LogP contribution is 2.21. The van der Waals surface area contributed by atoms with Crippen LogP contribution < -0.4 is 5.32 Å². The van der Waals surface area contributed by atoms with Crippen molar-refractivity contribution in [2.75, 3.05) is 13.2 Å². The van der Waals surface area contributed by atoms with Crippen LogP contribution in [0.5, 0.6) is 0 Å². The Bertz CT molecular complexity index is 384. The molecular formula is C13H21NO4. The molecular weight excluding hydrogens is 234 g/mol. The molecule has 0 atom stereocenters. The van der Waals surface area contributed by atoms with Crippen LogP contribution >= 0.6 is 0 Å². The van der Waals surface area contributed by atoms with Gasteiger partial charge in [0.2, 0.25) is 0 Å². The van der Waals surface area contributed by atoms with Gasteiger partial charge in [-0.1, -0.05) is 13.8 Å². The molecule has 0 unspecified atom stereocenters. The molecule has 0 aliphatic heterocycles. The fraction of sp³-hybridized carbons (Fsp3) is 0.615. The van der Waals surface area contributed by atoms with Gasteiger partial charge in [0.25, 0.3) is 0 Å². The van der Waals surface area contributed by atoms with Crippen LogP contribution in [0.15, 0.2) is 16.7 Å². The Morgan fingerprint density at radius 2 is 2.22 bits per heavy atom. The largest absolute Gasteiger partial charge is 0.478 e. The summed E-state index contributed by atoms with van der Waals surface area (Å²) in [5.41, 5.74) is 0.272. The molecule has 3 N–H and O–H groups in total. The molecule has 0 radical (unpaired) electrons. The molecule has 0 aliphatic carbocycles. The van der Waals surface area contributed by atoms with E-state index in [1.165, 1.54) is 12.3 Å². The van der Waals surface area contributed by atoms with Crippen LogP contribution in [0.2, 0.25) is 0 Å². The minimum Gasteiger partial charge on any atom is -0.478 e. The van der Waals surface area contributed by atoms with Crippen LogP contribution in [0.1, 0.15) is 42.8 Å². The molecule has 0 fully saturated rings. The average Bonchev–Trinajstić information content (AvgIpc) is 2.74. The van der Waals surface area contributed by atoms with E-state index >= 15 is 0 Å². The number of carboxylic acid groups (broad SMARTS) is 1. The van der Waals surface area contributed by atoms with E-state index in [2.05, 4.69) is 19.2 Å². The van der Waals surface area contributed by atoms with Crippen LogP contribution in [-0.2, 0) is 6.54 Å². The molecule has 102 valence electrons. The van der Waals surface area contributed by atoms with E-state index in [1.807, 2.05) is 0 Å². The molecule has 0 amide bonds. The first-order chi connectivity index (χ1) is 8.46. The normalized spacial score (nSPS) is 11.7. The highest BCUT2D eigenvalue weighted by atomic mass is 16.4. The lowest BCUT2D eigenvalue weighted by molar-refractivity contribution is 0.0694. The molecule has 1 heterocycles. The standard InChI is InChI=1S/C13H21NO4/c1-13(2,5-3-6-15)9-14-8-11-10(12(16)17)4-7-18-11/h4,7,14-15H,3,5-6,8-9H2,1-2H3,(H,16,17). The summed E-state index contributed by atoms with van der Waals surface area (Å²) >= 11 is 0. The van der Waals surface area contributed by atoms with Gasteiger partial charge < -0.3 is 19.9 Å². The third-order valence-corrected chi connectivity index (χ3v) is 2.88. The molecule has 0 saturated carbocycles. The zero-order chi connectivity index (χ0) is 13.6. The van der Waals surface area contributed by atoms with Gasteiger partial charge in [-0.05, 0) is 24.3 Å². The van der Waals surface area contributed by atoms with Crippen molar-refractivity contribution < 1.29 is 19.4 Å². The van der Waals surface area contributed by atoms with Gasteiger partial charge in [0.15, 0.2) is 0 Å². The second-order valence-corrected chi connectivity index (χ2v) is 5.16. The maximum atomic E-state index is 10.9. The molecule has 1 aromatic heterocycles. The molecule has 5 nitrogen and oxygen atoms in total. The number of furan rings is 1. The maximum Gasteiger partial charge on any atom is 0.339 e. The van der Waals surface area contributed by atoms with Crippen molar-refractivity contribution in [1.29, 1.82) is 0 Å².